The molecule has 0 aliphatic heterocycles. The summed E-state index contributed by atoms with van der Waals surface area (Å²) < 4.78 is 6.05. The minimum Gasteiger partial charge on any atom is -0.438 e. The van der Waals surface area contributed by atoms with E-state index in [0.717, 1.165) is 17.5 Å². The van der Waals surface area contributed by atoms with Crippen molar-refractivity contribution in [2.75, 3.05) is 6.54 Å². The lowest BCUT2D eigenvalue weighted by atomic mass is 10.0. The third kappa shape index (κ3) is 4.74. The predicted octanol–water partition coefficient (Wildman–Crippen LogP) is 5.20. The number of benzene rings is 2. The molecule has 3 rings (SSSR count). The minimum atomic E-state index is -0.239. The number of rotatable bonds is 7. The summed E-state index contributed by atoms with van der Waals surface area (Å²) in [5.74, 6) is 1.55. The molecule has 0 saturated carbocycles. The van der Waals surface area contributed by atoms with E-state index in [1.165, 1.54) is 6.20 Å². The largest absolute Gasteiger partial charge is 0.438 e. The summed E-state index contributed by atoms with van der Waals surface area (Å²) in [6.45, 7) is 6.84. The van der Waals surface area contributed by atoms with Gasteiger partial charge in [0.25, 0.3) is 5.91 Å². The van der Waals surface area contributed by atoms with Crippen LogP contribution < -0.4 is 10.1 Å². The first-order valence-electron chi connectivity index (χ1n) is 9.57. The predicted molar refractivity (Wildman–Crippen MR) is 111 cm³/mol. The van der Waals surface area contributed by atoms with Crippen molar-refractivity contribution in [2.45, 2.75) is 33.1 Å². The molecule has 144 valence electrons. The molecule has 1 heterocycles. The summed E-state index contributed by atoms with van der Waals surface area (Å²) in [5, 5.41) is 2.86. The molecule has 2 aromatic carbocycles. The number of carbonyl (C=O) groups is 1. The van der Waals surface area contributed by atoms with E-state index in [1.807, 2.05) is 55.5 Å². The van der Waals surface area contributed by atoms with Crippen LogP contribution in [0.15, 0.2) is 60.8 Å². The Morgan fingerprint density at radius 3 is 2.61 bits per heavy atom. The van der Waals surface area contributed by atoms with Gasteiger partial charge in [-0.2, -0.15) is 4.98 Å². The van der Waals surface area contributed by atoms with Crippen LogP contribution in [0.2, 0.25) is 0 Å². The number of hydrogen-bond acceptors (Lipinski definition) is 4. The molecule has 0 atom stereocenters. The molecule has 0 fully saturated rings. The molecule has 5 heteroatoms. The van der Waals surface area contributed by atoms with E-state index in [9.17, 15) is 4.79 Å². The molecule has 0 unspecified atom stereocenters. The molecule has 3 aromatic rings. The Labute approximate surface area is 165 Å². The van der Waals surface area contributed by atoms with Gasteiger partial charge in [-0.15, -0.1) is 0 Å². The molecule has 1 amide bonds. The molecule has 1 aromatic heterocycles. The maximum Gasteiger partial charge on any atom is 0.258 e. The number of carbonyl (C=O) groups excluding carboxylic acids is 1. The van der Waals surface area contributed by atoms with Crippen molar-refractivity contribution in [3.8, 4) is 23.0 Å². The normalized spacial score (nSPS) is 10.7. The molecular weight excluding hydrogens is 350 g/mol. The first kappa shape index (κ1) is 19.5. The van der Waals surface area contributed by atoms with Crippen LogP contribution in [0.4, 0.5) is 0 Å². The van der Waals surface area contributed by atoms with Crippen molar-refractivity contribution in [2.24, 2.45) is 0 Å². The van der Waals surface area contributed by atoms with E-state index in [0.29, 0.717) is 29.6 Å². The van der Waals surface area contributed by atoms with Crippen molar-refractivity contribution in [1.82, 2.24) is 15.3 Å². The lowest BCUT2D eigenvalue weighted by molar-refractivity contribution is 0.0950. The third-order valence-electron chi connectivity index (χ3n) is 4.31. The van der Waals surface area contributed by atoms with E-state index in [4.69, 9.17) is 4.74 Å². The zero-order chi connectivity index (χ0) is 19.9. The fourth-order valence-electron chi connectivity index (χ4n) is 2.71. The van der Waals surface area contributed by atoms with Gasteiger partial charge >= 0.3 is 0 Å². The van der Waals surface area contributed by atoms with Gasteiger partial charge in [0.2, 0.25) is 5.88 Å². The van der Waals surface area contributed by atoms with Crippen molar-refractivity contribution in [3.63, 3.8) is 0 Å². The standard InChI is InChI=1S/C23H25N3O2/c1-4-13-24-22(27)20-15-25-21(17-9-6-5-7-10-17)26-23(20)28-19-12-8-11-18(14-19)16(2)3/h5-12,14-16H,4,13H2,1-3H3,(H,24,27). The molecule has 5 nitrogen and oxygen atoms in total. The van der Waals surface area contributed by atoms with Gasteiger partial charge in [0.1, 0.15) is 11.3 Å². The van der Waals surface area contributed by atoms with Crippen molar-refractivity contribution >= 4 is 5.91 Å². The number of amides is 1. The highest BCUT2D eigenvalue weighted by Gasteiger charge is 2.17. The van der Waals surface area contributed by atoms with Gasteiger partial charge in [0, 0.05) is 18.3 Å². The molecule has 0 aliphatic rings. The van der Waals surface area contributed by atoms with E-state index in [2.05, 4.69) is 35.2 Å². The van der Waals surface area contributed by atoms with Crippen molar-refractivity contribution < 1.29 is 9.53 Å². The molecular formula is C23H25N3O2. The minimum absolute atomic E-state index is 0.239. The van der Waals surface area contributed by atoms with Gasteiger partial charge in [0.05, 0.1) is 0 Å². The molecule has 0 bridgehead atoms. The molecule has 0 spiro atoms. The van der Waals surface area contributed by atoms with Crippen LogP contribution in [0.25, 0.3) is 11.4 Å². The van der Waals surface area contributed by atoms with Gasteiger partial charge in [0.15, 0.2) is 5.82 Å². The molecule has 1 N–H and O–H groups in total. The first-order valence-corrected chi connectivity index (χ1v) is 9.57. The van der Waals surface area contributed by atoms with Crippen LogP contribution in [0, 0.1) is 0 Å². The Bertz CT molecular complexity index is 940. The smallest absolute Gasteiger partial charge is 0.258 e. The molecule has 0 saturated heterocycles. The van der Waals surface area contributed by atoms with Gasteiger partial charge in [-0.05, 0) is 30.0 Å². The Morgan fingerprint density at radius 2 is 1.89 bits per heavy atom. The van der Waals surface area contributed by atoms with Gasteiger partial charge in [-0.25, -0.2) is 4.98 Å². The maximum absolute atomic E-state index is 12.6. The van der Waals surface area contributed by atoms with Crippen LogP contribution in [0.1, 0.15) is 49.0 Å². The zero-order valence-electron chi connectivity index (χ0n) is 16.5. The van der Waals surface area contributed by atoms with Crippen LogP contribution in [-0.2, 0) is 0 Å². The van der Waals surface area contributed by atoms with Crippen molar-refractivity contribution in [1.29, 1.82) is 0 Å². The summed E-state index contributed by atoms with van der Waals surface area (Å²) in [7, 11) is 0. The van der Waals surface area contributed by atoms with E-state index in [1.54, 1.807) is 0 Å². The van der Waals surface area contributed by atoms with Crippen LogP contribution in [0.5, 0.6) is 11.6 Å². The molecule has 0 radical (unpaired) electrons. The Morgan fingerprint density at radius 1 is 1.11 bits per heavy atom. The Hall–Kier alpha value is -3.21. The van der Waals surface area contributed by atoms with E-state index < -0.39 is 0 Å². The fourth-order valence-corrected chi connectivity index (χ4v) is 2.71. The van der Waals surface area contributed by atoms with Crippen LogP contribution in [-0.4, -0.2) is 22.4 Å². The number of nitrogens with one attached hydrogen (secondary N) is 1. The van der Waals surface area contributed by atoms with Gasteiger partial charge in [-0.1, -0.05) is 63.2 Å². The molecule has 28 heavy (non-hydrogen) atoms. The van der Waals surface area contributed by atoms with Crippen molar-refractivity contribution in [3.05, 3.63) is 71.9 Å². The van der Waals surface area contributed by atoms with Gasteiger partial charge < -0.3 is 10.1 Å². The lowest BCUT2D eigenvalue weighted by Crippen LogP contribution is -2.25. The SMILES string of the molecule is CCCNC(=O)c1cnc(-c2ccccc2)nc1Oc1cccc(C(C)C)c1. The first-order chi connectivity index (χ1) is 13.6. The highest BCUT2D eigenvalue weighted by Crippen LogP contribution is 2.28. The molecule has 0 aliphatic carbocycles. The zero-order valence-corrected chi connectivity index (χ0v) is 16.5. The maximum atomic E-state index is 12.6. The number of aromatic nitrogens is 2. The van der Waals surface area contributed by atoms with Gasteiger partial charge in [-0.3, -0.25) is 4.79 Å². The second-order valence-corrected chi connectivity index (χ2v) is 6.86. The average Bonchev–Trinajstić information content (AvgIpc) is 2.72. The topological polar surface area (TPSA) is 64.1 Å². The fraction of sp³-hybridized carbons (Fsp3) is 0.261. The van der Waals surface area contributed by atoms with Crippen LogP contribution in [0.3, 0.4) is 0 Å². The Balaban J connectivity index is 1.99. The number of hydrogen-bond donors (Lipinski definition) is 1. The highest BCUT2D eigenvalue weighted by molar-refractivity contribution is 5.96. The van der Waals surface area contributed by atoms with E-state index >= 15 is 0 Å². The highest BCUT2D eigenvalue weighted by atomic mass is 16.5. The second kappa shape index (κ2) is 9.13. The monoisotopic (exact) mass is 375 g/mol. The summed E-state index contributed by atoms with van der Waals surface area (Å²) in [6, 6.07) is 17.5. The summed E-state index contributed by atoms with van der Waals surface area (Å²) in [5.41, 5.74) is 2.35. The van der Waals surface area contributed by atoms with E-state index in [-0.39, 0.29) is 11.8 Å². The summed E-state index contributed by atoms with van der Waals surface area (Å²) >= 11 is 0. The quantitative estimate of drug-likeness (QED) is 0.616. The third-order valence-corrected chi connectivity index (χ3v) is 4.31. The van der Waals surface area contributed by atoms with Crippen LogP contribution >= 0.6 is 0 Å². The summed E-state index contributed by atoms with van der Waals surface area (Å²) in [4.78, 5) is 21.5. The number of ether oxygens (including phenoxy) is 1. The summed E-state index contributed by atoms with van der Waals surface area (Å²) in [6.07, 6.45) is 2.38. The lowest BCUT2D eigenvalue weighted by Gasteiger charge is -2.13. The second-order valence-electron chi connectivity index (χ2n) is 6.86. The Kier molecular flexibility index (Phi) is 6.37. The average molecular weight is 375 g/mol. The number of nitrogens with zero attached hydrogens (tertiary/aromatic N) is 2.